The number of rotatable bonds is 9. The van der Waals surface area contributed by atoms with Gasteiger partial charge in [-0.05, 0) is 36.3 Å². The van der Waals surface area contributed by atoms with Crippen molar-refractivity contribution >= 4 is 11.9 Å². The summed E-state index contributed by atoms with van der Waals surface area (Å²) in [6.45, 7) is 4.14. The van der Waals surface area contributed by atoms with Gasteiger partial charge in [-0.2, -0.15) is 0 Å². The molecule has 0 radical (unpaired) electrons. The monoisotopic (exact) mass is 342 g/mol. The highest BCUT2D eigenvalue weighted by Gasteiger charge is 2.20. The lowest BCUT2D eigenvalue weighted by Crippen LogP contribution is -2.44. The van der Waals surface area contributed by atoms with Gasteiger partial charge in [-0.15, -0.1) is 0 Å². The smallest absolute Gasteiger partial charge is 0.303 e. The molecule has 7 heteroatoms. The number of hydrogen-bond acceptors (Lipinski definition) is 3. The summed E-state index contributed by atoms with van der Waals surface area (Å²) in [7, 11) is 0. The van der Waals surface area contributed by atoms with E-state index in [-0.39, 0.29) is 30.9 Å². The normalized spacial score (nSPS) is 13.6. The van der Waals surface area contributed by atoms with Crippen molar-refractivity contribution in [3.8, 4) is 0 Å². The van der Waals surface area contributed by atoms with Crippen LogP contribution in [-0.2, 0) is 16.0 Å². The van der Waals surface area contributed by atoms with Crippen molar-refractivity contribution in [2.24, 2.45) is 17.6 Å². The molecule has 0 unspecified atom stereocenters. The molecule has 5 nitrogen and oxygen atoms in total. The Labute approximate surface area is 140 Å². The Balaban J connectivity index is 2.57. The number of nitrogens with two attached hydrogens (primary N) is 1. The summed E-state index contributed by atoms with van der Waals surface area (Å²) in [6, 6.07) is 2.11. The lowest BCUT2D eigenvalue weighted by molar-refractivity contribution is -0.138. The molecule has 1 amide bonds. The Morgan fingerprint density at radius 1 is 1.29 bits per heavy atom. The highest BCUT2D eigenvalue weighted by molar-refractivity contribution is 5.81. The number of amides is 1. The number of carboxylic acid groups (broad SMARTS) is 1. The maximum absolute atomic E-state index is 13.6. The summed E-state index contributed by atoms with van der Waals surface area (Å²) in [6.07, 6.45) is 0.556. The van der Waals surface area contributed by atoms with Gasteiger partial charge in [0.25, 0.3) is 0 Å². The van der Waals surface area contributed by atoms with Gasteiger partial charge in [0.2, 0.25) is 5.91 Å². The fourth-order valence-electron chi connectivity index (χ4n) is 2.55. The van der Waals surface area contributed by atoms with E-state index in [1.807, 2.05) is 13.8 Å². The van der Waals surface area contributed by atoms with Gasteiger partial charge >= 0.3 is 5.97 Å². The molecular weight excluding hydrogens is 318 g/mol. The predicted molar refractivity (Wildman–Crippen MR) is 86.2 cm³/mol. The van der Waals surface area contributed by atoms with Gasteiger partial charge in [0, 0.05) is 19.0 Å². The lowest BCUT2D eigenvalue weighted by Gasteiger charge is -2.19. The number of aliphatic carboxylic acids is 1. The van der Waals surface area contributed by atoms with Crippen LogP contribution in [-0.4, -0.2) is 29.6 Å². The minimum absolute atomic E-state index is 0.0414. The molecule has 2 atom stereocenters. The first-order chi connectivity index (χ1) is 11.2. The maximum Gasteiger partial charge on any atom is 0.303 e. The van der Waals surface area contributed by atoms with E-state index in [2.05, 4.69) is 5.32 Å². The van der Waals surface area contributed by atoms with Crippen LogP contribution in [0.2, 0.25) is 0 Å². The summed E-state index contributed by atoms with van der Waals surface area (Å²) in [5.74, 6) is -2.75. The third-order valence-electron chi connectivity index (χ3n) is 3.62. The number of nitrogens with one attached hydrogen (secondary N) is 1. The van der Waals surface area contributed by atoms with E-state index in [1.54, 1.807) is 0 Å². The summed E-state index contributed by atoms with van der Waals surface area (Å²) < 4.78 is 26.4. The fourth-order valence-corrected chi connectivity index (χ4v) is 2.55. The van der Waals surface area contributed by atoms with Crippen LogP contribution in [0.3, 0.4) is 0 Å². The van der Waals surface area contributed by atoms with Crippen molar-refractivity contribution in [3.63, 3.8) is 0 Å². The Bertz CT molecular complexity index is 579. The highest BCUT2D eigenvalue weighted by Crippen LogP contribution is 2.15. The number of hydrogen-bond donors (Lipinski definition) is 3. The van der Waals surface area contributed by atoms with Crippen molar-refractivity contribution in [1.82, 2.24) is 5.32 Å². The molecular formula is C17H24F2N2O3. The largest absolute Gasteiger partial charge is 0.481 e. The zero-order chi connectivity index (χ0) is 18.3. The second-order valence-electron chi connectivity index (χ2n) is 6.38. The predicted octanol–water partition coefficient (Wildman–Crippen LogP) is 2.09. The zero-order valence-corrected chi connectivity index (χ0v) is 13.9. The molecule has 4 N–H and O–H groups in total. The molecule has 0 saturated heterocycles. The van der Waals surface area contributed by atoms with E-state index in [1.165, 1.54) is 6.07 Å². The molecule has 0 saturated carbocycles. The zero-order valence-electron chi connectivity index (χ0n) is 13.9. The number of benzene rings is 1. The van der Waals surface area contributed by atoms with Gasteiger partial charge in [0.1, 0.15) is 11.6 Å². The van der Waals surface area contributed by atoms with E-state index in [4.69, 9.17) is 10.8 Å². The van der Waals surface area contributed by atoms with Crippen molar-refractivity contribution in [1.29, 1.82) is 0 Å². The first-order valence-corrected chi connectivity index (χ1v) is 7.88. The van der Waals surface area contributed by atoms with E-state index in [0.29, 0.717) is 12.3 Å². The van der Waals surface area contributed by atoms with E-state index < -0.39 is 29.6 Å². The second-order valence-corrected chi connectivity index (χ2v) is 6.38. The van der Waals surface area contributed by atoms with Crippen LogP contribution in [0.1, 0.15) is 32.3 Å². The number of carbonyl (C=O) groups excluding carboxylic acids is 1. The molecule has 24 heavy (non-hydrogen) atoms. The van der Waals surface area contributed by atoms with Gasteiger partial charge < -0.3 is 16.2 Å². The van der Waals surface area contributed by atoms with Crippen LogP contribution in [0.4, 0.5) is 8.78 Å². The summed E-state index contributed by atoms with van der Waals surface area (Å²) >= 11 is 0. The average Bonchev–Trinajstić information content (AvgIpc) is 2.46. The molecule has 0 spiro atoms. The summed E-state index contributed by atoms with van der Waals surface area (Å²) in [4.78, 5) is 22.9. The molecule has 0 aliphatic heterocycles. The van der Waals surface area contributed by atoms with Crippen LogP contribution in [0, 0.1) is 23.5 Å². The SMILES string of the molecule is CC(C)C[C@H](CNC(=O)[C@H](N)Cc1ccc(F)cc1F)CC(=O)O. The van der Waals surface area contributed by atoms with Crippen molar-refractivity contribution < 1.29 is 23.5 Å². The number of halogens is 2. The molecule has 1 aromatic carbocycles. The molecule has 1 rings (SSSR count). The van der Waals surface area contributed by atoms with E-state index in [9.17, 15) is 18.4 Å². The van der Waals surface area contributed by atoms with Crippen LogP contribution in [0.5, 0.6) is 0 Å². The molecule has 0 fully saturated rings. The summed E-state index contributed by atoms with van der Waals surface area (Å²) in [5, 5.41) is 11.5. The van der Waals surface area contributed by atoms with Gasteiger partial charge in [-0.3, -0.25) is 9.59 Å². The Morgan fingerprint density at radius 2 is 1.96 bits per heavy atom. The lowest BCUT2D eigenvalue weighted by atomic mass is 9.94. The van der Waals surface area contributed by atoms with Gasteiger partial charge in [-0.1, -0.05) is 19.9 Å². The molecule has 0 aliphatic carbocycles. The maximum atomic E-state index is 13.6. The third-order valence-corrected chi connectivity index (χ3v) is 3.62. The standard InChI is InChI=1S/C17H24F2N2O3/c1-10(2)5-11(6-16(22)23)9-21-17(24)15(20)7-12-3-4-13(18)8-14(12)19/h3-4,8,10-11,15H,5-7,9,20H2,1-2H3,(H,21,24)(H,22,23)/t11-,15+/m0/s1. The van der Waals surface area contributed by atoms with Crippen molar-refractivity contribution in [2.45, 2.75) is 39.2 Å². The highest BCUT2D eigenvalue weighted by atomic mass is 19.1. The van der Waals surface area contributed by atoms with Crippen LogP contribution in [0.15, 0.2) is 18.2 Å². The molecule has 1 aromatic rings. The fraction of sp³-hybridized carbons (Fsp3) is 0.529. The topological polar surface area (TPSA) is 92.4 Å². The third kappa shape index (κ3) is 7.04. The average molecular weight is 342 g/mol. The Morgan fingerprint density at radius 3 is 2.50 bits per heavy atom. The van der Waals surface area contributed by atoms with Crippen molar-refractivity contribution in [2.75, 3.05) is 6.54 Å². The van der Waals surface area contributed by atoms with Gasteiger partial charge in [0.15, 0.2) is 0 Å². The summed E-state index contributed by atoms with van der Waals surface area (Å²) in [5.41, 5.74) is 5.91. The molecule has 134 valence electrons. The van der Waals surface area contributed by atoms with Crippen molar-refractivity contribution in [3.05, 3.63) is 35.4 Å². The van der Waals surface area contributed by atoms with Gasteiger partial charge in [-0.25, -0.2) is 8.78 Å². The van der Waals surface area contributed by atoms with E-state index in [0.717, 1.165) is 12.1 Å². The number of carboxylic acids is 1. The minimum atomic E-state index is -0.991. The van der Waals surface area contributed by atoms with Crippen LogP contribution >= 0.6 is 0 Å². The molecule has 0 aromatic heterocycles. The first-order valence-electron chi connectivity index (χ1n) is 7.88. The molecule has 0 heterocycles. The number of carbonyl (C=O) groups is 2. The van der Waals surface area contributed by atoms with Crippen LogP contribution in [0.25, 0.3) is 0 Å². The quantitative estimate of drug-likeness (QED) is 0.641. The van der Waals surface area contributed by atoms with Gasteiger partial charge in [0.05, 0.1) is 6.04 Å². The molecule has 0 bridgehead atoms. The minimum Gasteiger partial charge on any atom is -0.481 e. The van der Waals surface area contributed by atoms with Crippen LogP contribution < -0.4 is 11.1 Å². The Kier molecular flexibility index (Phi) is 7.78. The Hall–Kier alpha value is -2.02. The first kappa shape index (κ1) is 20.0. The van der Waals surface area contributed by atoms with E-state index >= 15 is 0 Å². The molecule has 0 aliphatic rings. The second kappa shape index (κ2) is 9.32.